The molecule has 0 aromatic carbocycles. The molecule has 0 saturated carbocycles. The summed E-state index contributed by atoms with van der Waals surface area (Å²) in [6.07, 6.45) is 0. The van der Waals surface area contributed by atoms with Crippen molar-refractivity contribution >= 4 is 5.91 Å². The first-order chi connectivity index (χ1) is 5.26. The van der Waals surface area contributed by atoms with Gasteiger partial charge in [-0.2, -0.15) is 0 Å². The highest BCUT2D eigenvalue weighted by molar-refractivity contribution is 5.77. The Balaban J connectivity index is 0. The third kappa shape index (κ3) is 3.95. The van der Waals surface area contributed by atoms with Crippen LogP contribution in [0.5, 0.6) is 0 Å². The molecule has 4 heteroatoms. The summed E-state index contributed by atoms with van der Waals surface area (Å²) in [5, 5.41) is 0. The summed E-state index contributed by atoms with van der Waals surface area (Å²) in [4.78, 5) is 12.7. The summed E-state index contributed by atoms with van der Waals surface area (Å²) in [5.74, 6) is -0.0236. The molecule has 68 valence electrons. The molecule has 0 bridgehead atoms. The largest absolute Gasteiger partial charge is 0.383 e. The molecule has 0 heterocycles. The number of nitrogens with two attached hydrogens (primary N) is 1. The van der Waals surface area contributed by atoms with Crippen molar-refractivity contribution in [1.82, 2.24) is 4.90 Å². The van der Waals surface area contributed by atoms with Crippen LogP contribution in [0.25, 0.3) is 0 Å². The van der Waals surface area contributed by atoms with Gasteiger partial charge in [-0.05, 0) is 6.92 Å². The van der Waals surface area contributed by atoms with Gasteiger partial charge in [-0.15, -0.1) is 0 Å². The molecule has 0 aliphatic heterocycles. The summed E-state index contributed by atoms with van der Waals surface area (Å²) in [6, 6.07) is 0. The van der Waals surface area contributed by atoms with Crippen LogP contribution in [0.15, 0.2) is 0 Å². The van der Waals surface area contributed by atoms with E-state index in [4.69, 9.17) is 10.5 Å². The zero-order valence-electron chi connectivity index (χ0n) is 7.17. The van der Waals surface area contributed by atoms with Crippen LogP contribution in [0.2, 0.25) is 0 Å². The fourth-order valence-electron chi connectivity index (χ4n) is 0.790. The summed E-state index contributed by atoms with van der Waals surface area (Å²) in [5.41, 5.74) is 5.19. The predicted octanol–water partition coefficient (Wildman–Crippen LogP) is -0.314. The monoisotopic (exact) mass is 162 g/mol. The van der Waals surface area contributed by atoms with E-state index in [1.165, 1.54) is 0 Å². The van der Waals surface area contributed by atoms with Crippen molar-refractivity contribution in [3.05, 3.63) is 0 Å². The van der Waals surface area contributed by atoms with Gasteiger partial charge in [0.1, 0.15) is 0 Å². The molecule has 0 unspecified atom stereocenters. The van der Waals surface area contributed by atoms with Gasteiger partial charge in [0, 0.05) is 21.6 Å². The number of methoxy groups -OCH3 is 1. The molecule has 0 radical (unpaired) electrons. The highest BCUT2D eigenvalue weighted by Gasteiger charge is 2.07. The van der Waals surface area contributed by atoms with Gasteiger partial charge in [0.05, 0.1) is 13.2 Å². The molecule has 0 atom stereocenters. The molecule has 0 rings (SSSR count). The van der Waals surface area contributed by atoms with Gasteiger partial charge in [0.25, 0.3) is 0 Å². The maximum Gasteiger partial charge on any atom is 0.236 e. The first kappa shape index (κ1) is 10.4. The van der Waals surface area contributed by atoms with Crippen molar-refractivity contribution in [3.63, 3.8) is 0 Å². The van der Waals surface area contributed by atoms with Crippen LogP contribution >= 0.6 is 0 Å². The fraction of sp³-hybridized carbons (Fsp3) is 0.857. The number of carbonyl (C=O) groups is 1. The van der Waals surface area contributed by atoms with Crippen molar-refractivity contribution in [2.75, 3.05) is 33.4 Å². The first-order valence-corrected chi connectivity index (χ1v) is 3.73. The van der Waals surface area contributed by atoms with Crippen LogP contribution in [-0.2, 0) is 9.53 Å². The highest BCUT2D eigenvalue weighted by atomic mass is 16.5. The Bertz CT molecular complexity index is 122. The van der Waals surface area contributed by atoms with E-state index in [1.807, 2.05) is 6.92 Å². The zero-order valence-corrected chi connectivity index (χ0v) is 7.17. The lowest BCUT2D eigenvalue weighted by Gasteiger charge is -2.18. The van der Waals surface area contributed by atoms with Crippen molar-refractivity contribution < 1.29 is 11.0 Å². The fourth-order valence-corrected chi connectivity index (χ4v) is 0.790. The van der Waals surface area contributed by atoms with E-state index in [0.29, 0.717) is 19.7 Å². The molecule has 0 aliphatic rings. The Labute approximate surface area is 68.8 Å². The normalized spacial score (nSPS) is 9.73. The van der Waals surface area contributed by atoms with E-state index in [0.717, 1.165) is 0 Å². The molecule has 1 amide bonds. The third-order valence-corrected chi connectivity index (χ3v) is 1.47. The van der Waals surface area contributed by atoms with E-state index in [2.05, 4.69) is 0 Å². The Morgan fingerprint density at radius 1 is 1.73 bits per heavy atom. The average molecular weight is 162 g/mol. The van der Waals surface area contributed by atoms with Crippen LogP contribution in [0, 0.1) is 0 Å². The van der Waals surface area contributed by atoms with Crippen LogP contribution in [0.4, 0.5) is 0 Å². The summed E-state index contributed by atoms with van der Waals surface area (Å²) in [6.45, 7) is 3.89. The number of likely N-dealkylation sites (N-methyl/N-ethyl adjacent to an activating group) is 1. The number of hydrogen-bond acceptors (Lipinski definition) is 3. The molecule has 11 heavy (non-hydrogen) atoms. The number of hydrogen-bond donors (Lipinski definition) is 1. The number of carbonyl (C=O) groups excluding carboxylic acids is 1. The number of rotatable bonds is 5. The Morgan fingerprint density at radius 2 is 2.36 bits per heavy atom. The molecule has 0 aromatic rings. The molecule has 2 N–H and O–H groups in total. The maximum absolute atomic E-state index is 11.0. The SMILES string of the molecule is CCN(CCOC)C(=O)CN.[HH]. The Hall–Kier alpha value is -0.610. The third-order valence-electron chi connectivity index (χ3n) is 1.47. The van der Waals surface area contributed by atoms with Gasteiger partial charge in [-0.1, -0.05) is 0 Å². The van der Waals surface area contributed by atoms with Crippen LogP contribution < -0.4 is 5.73 Å². The number of ether oxygens (including phenoxy) is 1. The molecular formula is C7H18N2O2. The molecule has 0 fully saturated rings. The van der Waals surface area contributed by atoms with Crippen LogP contribution in [0.3, 0.4) is 0 Å². The smallest absolute Gasteiger partial charge is 0.236 e. The summed E-state index contributed by atoms with van der Waals surface area (Å²) in [7, 11) is 1.61. The predicted molar refractivity (Wildman–Crippen MR) is 45.3 cm³/mol. The Morgan fingerprint density at radius 3 is 2.73 bits per heavy atom. The minimum Gasteiger partial charge on any atom is -0.383 e. The number of amides is 1. The minimum atomic E-state index is -0.0236. The Kier molecular flexibility index (Phi) is 5.78. The number of nitrogens with zero attached hydrogens (tertiary/aromatic N) is 1. The standard InChI is InChI=1S/C7H16N2O2.H2/c1-3-9(4-5-11-2)7(10)6-8;/h3-6,8H2,1-2H3;1H. The van der Waals surface area contributed by atoms with Crippen molar-refractivity contribution in [3.8, 4) is 0 Å². The van der Waals surface area contributed by atoms with Gasteiger partial charge in [0.2, 0.25) is 5.91 Å². The second-order valence-electron chi connectivity index (χ2n) is 2.17. The lowest BCUT2D eigenvalue weighted by molar-refractivity contribution is -0.130. The highest BCUT2D eigenvalue weighted by Crippen LogP contribution is 1.87. The van der Waals surface area contributed by atoms with Crippen LogP contribution in [0.1, 0.15) is 8.35 Å². The van der Waals surface area contributed by atoms with E-state index in [1.54, 1.807) is 12.0 Å². The molecule has 0 aliphatic carbocycles. The van der Waals surface area contributed by atoms with E-state index in [-0.39, 0.29) is 13.9 Å². The molecular weight excluding hydrogens is 144 g/mol. The van der Waals surface area contributed by atoms with Crippen molar-refractivity contribution in [2.24, 2.45) is 5.73 Å². The molecule has 4 nitrogen and oxygen atoms in total. The summed E-state index contributed by atoms with van der Waals surface area (Å²) >= 11 is 0. The van der Waals surface area contributed by atoms with Crippen molar-refractivity contribution in [2.45, 2.75) is 6.92 Å². The quantitative estimate of drug-likeness (QED) is 0.603. The van der Waals surface area contributed by atoms with Gasteiger partial charge < -0.3 is 15.4 Å². The topological polar surface area (TPSA) is 55.6 Å². The second-order valence-corrected chi connectivity index (χ2v) is 2.17. The zero-order chi connectivity index (χ0) is 8.69. The van der Waals surface area contributed by atoms with Gasteiger partial charge in [-0.3, -0.25) is 4.79 Å². The molecule has 0 spiro atoms. The second kappa shape index (κ2) is 6.12. The van der Waals surface area contributed by atoms with E-state index < -0.39 is 0 Å². The van der Waals surface area contributed by atoms with Gasteiger partial charge in [0.15, 0.2) is 0 Å². The van der Waals surface area contributed by atoms with Crippen molar-refractivity contribution in [1.29, 1.82) is 0 Å². The maximum atomic E-state index is 11.0. The lowest BCUT2D eigenvalue weighted by atomic mass is 10.4. The van der Waals surface area contributed by atoms with Gasteiger partial charge in [-0.25, -0.2) is 0 Å². The van der Waals surface area contributed by atoms with E-state index >= 15 is 0 Å². The first-order valence-electron chi connectivity index (χ1n) is 3.73. The van der Waals surface area contributed by atoms with E-state index in [9.17, 15) is 4.79 Å². The van der Waals surface area contributed by atoms with Crippen LogP contribution in [-0.4, -0.2) is 44.2 Å². The minimum absolute atomic E-state index is 0. The summed E-state index contributed by atoms with van der Waals surface area (Å²) < 4.78 is 4.83. The molecule has 0 aromatic heterocycles. The lowest BCUT2D eigenvalue weighted by Crippen LogP contribution is -2.37. The average Bonchev–Trinajstić information content (AvgIpc) is 2.05. The molecule has 0 saturated heterocycles. The van der Waals surface area contributed by atoms with Gasteiger partial charge >= 0.3 is 0 Å².